The summed E-state index contributed by atoms with van der Waals surface area (Å²) in [7, 11) is 0. The topological polar surface area (TPSA) is 57.4 Å². The van der Waals surface area contributed by atoms with Crippen molar-refractivity contribution in [3.05, 3.63) is 71.3 Å². The van der Waals surface area contributed by atoms with Gasteiger partial charge in [0.25, 0.3) is 0 Å². The Morgan fingerprint density at radius 1 is 0.769 bits per heavy atom. The van der Waals surface area contributed by atoms with Gasteiger partial charge in [0.1, 0.15) is 0 Å². The fraction of sp³-hybridized carbons (Fsp3) is 0.0909. The second kappa shape index (κ2) is 5.85. The van der Waals surface area contributed by atoms with Crippen LogP contribution in [0.25, 0.3) is 45.8 Å². The summed E-state index contributed by atoms with van der Waals surface area (Å²) in [6.07, 6.45) is 4.74. The van der Waals surface area contributed by atoms with Gasteiger partial charge in [0.05, 0.1) is 24.1 Å². The predicted molar refractivity (Wildman–Crippen MR) is 108 cm³/mol. The molecule has 5 heterocycles. The van der Waals surface area contributed by atoms with Gasteiger partial charge in [-0.05, 0) is 78.7 Å². The number of nitrogens with zero attached hydrogens (tertiary/aromatic N) is 2. The molecule has 0 radical (unpaired) electrons. The van der Waals surface area contributed by atoms with Crippen LogP contribution in [0.2, 0.25) is 0 Å². The van der Waals surface area contributed by atoms with Gasteiger partial charge in [0, 0.05) is 22.1 Å². The van der Waals surface area contributed by atoms with Crippen LogP contribution in [0, 0.1) is 0 Å². The SMILES string of the molecule is [2H]C1=C(CC)c2cc3nc(cc4ccc(cc5ccc(cc1n2)[nH]5)[nH]4)C=C3. The summed E-state index contributed by atoms with van der Waals surface area (Å²) >= 11 is 0. The van der Waals surface area contributed by atoms with E-state index in [-0.39, 0.29) is 0 Å². The van der Waals surface area contributed by atoms with Crippen LogP contribution < -0.4 is 0 Å². The monoisotopic (exact) mass is 339 g/mol. The van der Waals surface area contributed by atoms with Gasteiger partial charge < -0.3 is 9.97 Å². The first-order chi connectivity index (χ1) is 13.2. The van der Waals surface area contributed by atoms with Crippen molar-refractivity contribution in [1.29, 1.82) is 0 Å². The quantitative estimate of drug-likeness (QED) is 0.485. The van der Waals surface area contributed by atoms with E-state index in [2.05, 4.69) is 27.9 Å². The second-order valence-electron chi connectivity index (χ2n) is 6.45. The van der Waals surface area contributed by atoms with E-state index in [4.69, 9.17) is 6.35 Å². The molecule has 0 unspecified atom stereocenters. The van der Waals surface area contributed by atoms with Crippen LogP contribution in [0.15, 0.2) is 48.5 Å². The van der Waals surface area contributed by atoms with E-state index in [1.165, 1.54) is 0 Å². The molecule has 2 N–H and O–H groups in total. The van der Waals surface area contributed by atoms with Gasteiger partial charge in [0.15, 0.2) is 0 Å². The van der Waals surface area contributed by atoms with Crippen LogP contribution in [-0.4, -0.2) is 19.9 Å². The normalized spacial score (nSPS) is 14.0. The van der Waals surface area contributed by atoms with Crippen LogP contribution in [0.5, 0.6) is 0 Å². The largest absolute Gasteiger partial charge is 0.355 e. The Morgan fingerprint density at radius 2 is 1.35 bits per heavy atom. The highest BCUT2D eigenvalue weighted by atomic mass is 14.8. The number of fused-ring (bicyclic) bond motifs is 8. The standard InChI is InChI=1S/C22H18N4/c1-2-14-9-21-12-19-6-5-17(24-19)10-15-3-4-16(23-15)11-18-7-8-20(25-18)13-22(14)26-21/h3-13,23-24H,2H2,1H3/i9D. The molecule has 0 amide bonds. The van der Waals surface area contributed by atoms with Gasteiger partial charge >= 0.3 is 0 Å². The highest BCUT2D eigenvalue weighted by Crippen LogP contribution is 2.25. The van der Waals surface area contributed by atoms with Gasteiger partial charge in [-0.1, -0.05) is 6.92 Å². The maximum atomic E-state index is 8.50. The average molecular weight is 339 g/mol. The van der Waals surface area contributed by atoms with Crippen molar-refractivity contribution >= 4 is 45.8 Å². The lowest BCUT2D eigenvalue weighted by Crippen LogP contribution is -1.81. The van der Waals surface area contributed by atoms with Crippen molar-refractivity contribution in [2.45, 2.75) is 13.3 Å². The van der Waals surface area contributed by atoms with E-state index < -0.39 is 0 Å². The molecule has 2 aliphatic rings. The summed E-state index contributed by atoms with van der Waals surface area (Å²) in [5, 5.41) is 0. The number of H-pyrrole nitrogens is 2. The van der Waals surface area contributed by atoms with Crippen LogP contribution in [-0.2, 0) is 0 Å². The third kappa shape index (κ3) is 2.75. The molecular weight excluding hydrogens is 320 g/mol. The molecular formula is C22H18N4. The van der Waals surface area contributed by atoms with Crippen LogP contribution in [0.1, 0.15) is 37.5 Å². The first kappa shape index (κ1) is 13.8. The minimum Gasteiger partial charge on any atom is -0.355 e. The van der Waals surface area contributed by atoms with E-state index in [0.29, 0.717) is 11.7 Å². The van der Waals surface area contributed by atoms with Crippen molar-refractivity contribution in [3.8, 4) is 0 Å². The summed E-state index contributed by atoms with van der Waals surface area (Å²) in [5.41, 5.74) is 8.16. The van der Waals surface area contributed by atoms with E-state index in [9.17, 15) is 0 Å². The Bertz CT molecular complexity index is 1270. The van der Waals surface area contributed by atoms with Crippen LogP contribution in [0.4, 0.5) is 0 Å². The van der Waals surface area contributed by atoms with Gasteiger partial charge in [0.2, 0.25) is 0 Å². The molecule has 4 heteroatoms. The zero-order valence-corrected chi connectivity index (χ0v) is 14.4. The third-order valence-electron chi connectivity index (χ3n) is 4.52. The zero-order chi connectivity index (χ0) is 18.4. The molecule has 0 fully saturated rings. The molecule has 4 nitrogen and oxygen atoms in total. The molecule has 3 aromatic rings. The summed E-state index contributed by atoms with van der Waals surface area (Å²) in [6.45, 7) is 2.06. The lowest BCUT2D eigenvalue weighted by Gasteiger charge is -1.94. The summed E-state index contributed by atoms with van der Waals surface area (Å²) in [4.78, 5) is 16.1. The van der Waals surface area contributed by atoms with Crippen molar-refractivity contribution in [2.24, 2.45) is 0 Å². The van der Waals surface area contributed by atoms with Gasteiger partial charge in [-0.2, -0.15) is 0 Å². The summed E-state index contributed by atoms with van der Waals surface area (Å²) in [6, 6.07) is 16.6. The number of hydrogen-bond acceptors (Lipinski definition) is 2. The fourth-order valence-corrected chi connectivity index (χ4v) is 3.27. The van der Waals surface area contributed by atoms with Crippen molar-refractivity contribution in [2.75, 3.05) is 0 Å². The number of aromatic nitrogens is 4. The molecule has 126 valence electrons. The van der Waals surface area contributed by atoms with Crippen molar-refractivity contribution < 1.29 is 1.37 Å². The minimum atomic E-state index is 0.486. The highest BCUT2D eigenvalue weighted by Gasteiger charge is 2.09. The lowest BCUT2D eigenvalue weighted by atomic mass is 10.1. The fourth-order valence-electron chi connectivity index (χ4n) is 3.27. The lowest BCUT2D eigenvalue weighted by molar-refractivity contribution is 1.20. The number of rotatable bonds is 1. The van der Waals surface area contributed by atoms with E-state index in [0.717, 1.165) is 51.1 Å². The maximum absolute atomic E-state index is 8.50. The minimum absolute atomic E-state index is 0.486. The van der Waals surface area contributed by atoms with Crippen LogP contribution in [0.3, 0.4) is 0 Å². The summed E-state index contributed by atoms with van der Waals surface area (Å²) < 4.78 is 8.50. The Hall–Kier alpha value is -3.40. The molecule has 0 saturated heterocycles. The number of nitrogens with one attached hydrogen (secondary N) is 2. The third-order valence-corrected chi connectivity index (χ3v) is 4.52. The van der Waals surface area contributed by atoms with E-state index >= 15 is 0 Å². The first-order valence-corrected chi connectivity index (χ1v) is 8.75. The van der Waals surface area contributed by atoms with Crippen molar-refractivity contribution in [1.82, 2.24) is 19.9 Å². The second-order valence-corrected chi connectivity index (χ2v) is 6.45. The molecule has 0 saturated carbocycles. The molecule has 5 rings (SSSR count). The van der Waals surface area contributed by atoms with E-state index in [1.54, 1.807) is 0 Å². The number of allylic oxidation sites excluding steroid dienone is 1. The number of aromatic amines is 2. The van der Waals surface area contributed by atoms with Crippen LogP contribution >= 0.6 is 0 Å². The highest BCUT2D eigenvalue weighted by molar-refractivity contribution is 5.84. The average Bonchev–Trinajstić information content (AvgIpc) is 3.41. The Kier molecular flexibility index (Phi) is 3.11. The smallest absolute Gasteiger partial charge is 0.0691 e. The molecule has 3 aromatic heterocycles. The van der Waals surface area contributed by atoms with Gasteiger partial charge in [-0.3, -0.25) is 0 Å². The molecule has 0 spiro atoms. The number of hydrogen-bond donors (Lipinski definition) is 2. The van der Waals surface area contributed by atoms with Gasteiger partial charge in [-0.15, -0.1) is 0 Å². The summed E-state index contributed by atoms with van der Waals surface area (Å²) in [5.74, 6) is 0. The Morgan fingerprint density at radius 3 is 2.00 bits per heavy atom. The van der Waals surface area contributed by atoms with Gasteiger partial charge in [-0.25, -0.2) is 9.97 Å². The molecule has 0 aromatic carbocycles. The van der Waals surface area contributed by atoms with Crippen molar-refractivity contribution in [3.63, 3.8) is 0 Å². The molecule has 26 heavy (non-hydrogen) atoms. The molecule has 0 aliphatic carbocycles. The Balaban J connectivity index is 1.87. The zero-order valence-electron chi connectivity index (χ0n) is 15.4. The predicted octanol–water partition coefficient (Wildman–Crippen LogP) is 5.44. The molecule has 8 bridgehead atoms. The van der Waals surface area contributed by atoms with E-state index in [1.807, 2.05) is 54.6 Å². The molecule has 0 atom stereocenters. The molecule has 2 aliphatic heterocycles. The Labute approximate surface area is 152 Å². The maximum Gasteiger partial charge on any atom is 0.0691 e. The first-order valence-electron chi connectivity index (χ1n) is 9.25.